The van der Waals surface area contributed by atoms with Crippen LogP contribution in [0.3, 0.4) is 0 Å². The van der Waals surface area contributed by atoms with Crippen LogP contribution in [0, 0.1) is 13.8 Å². The molecule has 0 bridgehead atoms. The summed E-state index contributed by atoms with van der Waals surface area (Å²) in [5.41, 5.74) is 8.95. The Labute approximate surface area is 96.9 Å². The molecule has 0 saturated carbocycles. The summed E-state index contributed by atoms with van der Waals surface area (Å²) in [5, 5.41) is 0. The van der Waals surface area contributed by atoms with Crippen molar-refractivity contribution in [3.05, 3.63) is 47.3 Å². The zero-order valence-electron chi connectivity index (χ0n) is 10.1. The Kier molecular flexibility index (Phi) is 4.58. The molecule has 0 saturated heterocycles. The highest BCUT2D eigenvalue weighted by Gasteiger charge is 1.97. The maximum atomic E-state index is 5.44. The first-order chi connectivity index (χ1) is 7.61. The number of aryl methyl sites for hydroxylation is 2. The molecule has 16 heavy (non-hydrogen) atoms. The number of rotatable bonds is 4. The van der Waals surface area contributed by atoms with Crippen molar-refractivity contribution in [2.24, 2.45) is 5.73 Å². The molecule has 0 aliphatic carbocycles. The van der Waals surface area contributed by atoms with Gasteiger partial charge in [0.2, 0.25) is 0 Å². The molecular weight excluding hydrogens is 200 g/mol. The second kappa shape index (κ2) is 5.95. The van der Waals surface area contributed by atoms with Gasteiger partial charge >= 0.3 is 6.40 Å². The van der Waals surface area contributed by atoms with Gasteiger partial charge in [-0.3, -0.25) is 0 Å². The standard InChI is InChI=1S/C13H19N2O/c1-11-6-12(2)8-13(7-11)9-16-10-15(3)5-4-14/h4-8,10H,9,14H2,1-3H3/q+1/b5-4-,15-10?. The van der Waals surface area contributed by atoms with Gasteiger partial charge in [0.15, 0.2) is 6.20 Å². The monoisotopic (exact) mass is 219 g/mol. The molecule has 1 aromatic carbocycles. The molecule has 0 fully saturated rings. The van der Waals surface area contributed by atoms with Crippen LogP contribution in [0.5, 0.6) is 0 Å². The van der Waals surface area contributed by atoms with E-state index in [0.717, 1.165) is 0 Å². The molecule has 0 aromatic heterocycles. The summed E-state index contributed by atoms with van der Waals surface area (Å²) in [7, 11) is 1.87. The third-order valence-corrected chi connectivity index (χ3v) is 2.09. The van der Waals surface area contributed by atoms with Crippen LogP contribution in [0.25, 0.3) is 0 Å². The molecule has 3 nitrogen and oxygen atoms in total. The zero-order valence-corrected chi connectivity index (χ0v) is 10.1. The fourth-order valence-corrected chi connectivity index (χ4v) is 1.57. The predicted molar refractivity (Wildman–Crippen MR) is 66.3 cm³/mol. The summed E-state index contributed by atoms with van der Waals surface area (Å²) >= 11 is 0. The van der Waals surface area contributed by atoms with Crippen LogP contribution in [0.2, 0.25) is 0 Å². The SMILES string of the molecule is Cc1cc(C)cc(COC=[N+](C)/C=C\N)c1. The minimum atomic E-state index is 0.575. The van der Waals surface area contributed by atoms with Gasteiger partial charge in [0.1, 0.15) is 13.7 Å². The number of hydrogen-bond donors (Lipinski definition) is 1. The molecular formula is C13H19N2O+. The van der Waals surface area contributed by atoms with Gasteiger partial charge in [0.05, 0.1) is 6.20 Å². The van der Waals surface area contributed by atoms with Crippen molar-refractivity contribution in [2.75, 3.05) is 7.05 Å². The first kappa shape index (κ1) is 12.3. The highest BCUT2D eigenvalue weighted by Crippen LogP contribution is 2.09. The molecule has 2 N–H and O–H groups in total. The van der Waals surface area contributed by atoms with Crippen LogP contribution in [-0.2, 0) is 11.3 Å². The van der Waals surface area contributed by atoms with E-state index in [1.54, 1.807) is 17.2 Å². The van der Waals surface area contributed by atoms with Gasteiger partial charge < -0.3 is 10.5 Å². The Balaban J connectivity index is 2.58. The van der Waals surface area contributed by atoms with Gasteiger partial charge in [-0.1, -0.05) is 29.3 Å². The topological polar surface area (TPSA) is 38.3 Å². The third kappa shape index (κ3) is 4.17. The Bertz CT molecular complexity index is 388. The van der Waals surface area contributed by atoms with Gasteiger partial charge in [-0.15, -0.1) is 0 Å². The molecule has 1 aromatic rings. The third-order valence-electron chi connectivity index (χ3n) is 2.09. The van der Waals surface area contributed by atoms with Crippen molar-refractivity contribution in [1.29, 1.82) is 0 Å². The van der Waals surface area contributed by atoms with Crippen LogP contribution in [0.15, 0.2) is 30.6 Å². The van der Waals surface area contributed by atoms with Crippen molar-refractivity contribution in [1.82, 2.24) is 0 Å². The van der Waals surface area contributed by atoms with Gasteiger partial charge in [-0.05, 0) is 19.4 Å². The van der Waals surface area contributed by atoms with E-state index in [4.69, 9.17) is 10.5 Å². The molecule has 0 unspecified atom stereocenters. The number of hydrogen-bond acceptors (Lipinski definition) is 2. The number of ether oxygens (including phenoxy) is 1. The quantitative estimate of drug-likeness (QED) is 0.477. The molecule has 0 aliphatic rings. The maximum Gasteiger partial charge on any atom is 0.329 e. The Morgan fingerprint density at radius 2 is 1.88 bits per heavy atom. The lowest BCUT2D eigenvalue weighted by molar-refractivity contribution is -0.427. The Morgan fingerprint density at radius 3 is 2.44 bits per heavy atom. The van der Waals surface area contributed by atoms with Crippen LogP contribution in [0.4, 0.5) is 0 Å². The molecule has 0 aliphatic heterocycles. The van der Waals surface area contributed by atoms with Crippen molar-refractivity contribution < 1.29 is 9.31 Å². The van der Waals surface area contributed by atoms with Gasteiger partial charge in [-0.2, -0.15) is 4.58 Å². The highest BCUT2D eigenvalue weighted by molar-refractivity contribution is 5.40. The summed E-state index contributed by atoms with van der Waals surface area (Å²) in [6, 6.07) is 6.40. The molecule has 0 amide bonds. The van der Waals surface area contributed by atoms with Gasteiger partial charge in [0.25, 0.3) is 0 Å². The van der Waals surface area contributed by atoms with E-state index in [9.17, 15) is 0 Å². The smallest absolute Gasteiger partial charge is 0.329 e. The largest absolute Gasteiger partial charge is 0.445 e. The van der Waals surface area contributed by atoms with Crippen LogP contribution < -0.4 is 5.73 Å². The van der Waals surface area contributed by atoms with Crippen LogP contribution >= 0.6 is 0 Å². The van der Waals surface area contributed by atoms with Crippen LogP contribution in [-0.4, -0.2) is 18.0 Å². The number of nitrogens with two attached hydrogens (primary N) is 1. The van der Waals surface area contributed by atoms with Crippen molar-refractivity contribution in [3.63, 3.8) is 0 Å². The first-order valence-electron chi connectivity index (χ1n) is 5.24. The fourth-order valence-electron chi connectivity index (χ4n) is 1.57. The van der Waals surface area contributed by atoms with Crippen molar-refractivity contribution in [3.8, 4) is 0 Å². The zero-order chi connectivity index (χ0) is 12.0. The lowest BCUT2D eigenvalue weighted by Crippen LogP contribution is -2.03. The molecule has 1 rings (SSSR count). The van der Waals surface area contributed by atoms with E-state index < -0.39 is 0 Å². The molecule has 0 heterocycles. The maximum absolute atomic E-state index is 5.44. The summed E-state index contributed by atoms with van der Waals surface area (Å²) in [6.07, 6.45) is 4.83. The second-order valence-corrected chi connectivity index (χ2v) is 3.92. The molecule has 3 heteroatoms. The van der Waals surface area contributed by atoms with E-state index in [0.29, 0.717) is 6.61 Å². The average molecular weight is 219 g/mol. The Hall–Kier alpha value is -1.77. The average Bonchev–Trinajstić information content (AvgIpc) is 2.16. The molecule has 86 valence electrons. The van der Waals surface area contributed by atoms with Gasteiger partial charge in [0, 0.05) is 0 Å². The van der Waals surface area contributed by atoms with E-state index in [2.05, 4.69) is 32.0 Å². The van der Waals surface area contributed by atoms with Crippen LogP contribution in [0.1, 0.15) is 16.7 Å². The summed E-state index contributed by atoms with van der Waals surface area (Å²) in [5.74, 6) is 0. The molecule has 0 atom stereocenters. The normalized spacial score (nSPS) is 12.1. The minimum Gasteiger partial charge on any atom is -0.445 e. The first-order valence-corrected chi connectivity index (χ1v) is 5.24. The number of benzene rings is 1. The van der Waals surface area contributed by atoms with E-state index in [-0.39, 0.29) is 0 Å². The number of nitrogens with zero attached hydrogens (tertiary/aromatic N) is 1. The summed E-state index contributed by atoms with van der Waals surface area (Å²) < 4.78 is 7.20. The summed E-state index contributed by atoms with van der Waals surface area (Å²) in [6.45, 7) is 4.75. The minimum absolute atomic E-state index is 0.575. The predicted octanol–water partition coefficient (Wildman–Crippen LogP) is 1.92. The highest BCUT2D eigenvalue weighted by atomic mass is 16.5. The van der Waals surface area contributed by atoms with E-state index >= 15 is 0 Å². The lowest BCUT2D eigenvalue weighted by atomic mass is 10.1. The van der Waals surface area contributed by atoms with Crippen molar-refractivity contribution >= 4 is 6.40 Å². The Morgan fingerprint density at radius 1 is 1.25 bits per heavy atom. The fraction of sp³-hybridized carbons (Fsp3) is 0.308. The lowest BCUT2D eigenvalue weighted by Gasteiger charge is -2.03. The molecule has 0 radical (unpaired) electrons. The van der Waals surface area contributed by atoms with Gasteiger partial charge in [-0.25, -0.2) is 0 Å². The molecule has 0 spiro atoms. The van der Waals surface area contributed by atoms with Crippen molar-refractivity contribution in [2.45, 2.75) is 20.5 Å². The van der Waals surface area contributed by atoms with E-state index in [1.165, 1.54) is 22.9 Å². The second-order valence-electron chi connectivity index (χ2n) is 3.92. The summed E-state index contributed by atoms with van der Waals surface area (Å²) in [4.78, 5) is 0. The van der Waals surface area contributed by atoms with E-state index in [1.807, 2.05) is 7.05 Å².